The van der Waals surface area contributed by atoms with E-state index in [1.54, 1.807) is 12.3 Å². The average Bonchev–Trinajstić information content (AvgIpc) is 3.21. The molecule has 1 amide bonds. The summed E-state index contributed by atoms with van der Waals surface area (Å²) >= 11 is 0. The molecule has 1 saturated carbocycles. The number of benzene rings is 1. The van der Waals surface area contributed by atoms with Crippen molar-refractivity contribution in [3.8, 4) is 17.3 Å². The van der Waals surface area contributed by atoms with Gasteiger partial charge in [-0.15, -0.1) is 0 Å². The molecule has 0 atom stereocenters. The molecule has 0 aliphatic heterocycles. The van der Waals surface area contributed by atoms with E-state index in [4.69, 9.17) is 0 Å². The first-order valence-electron chi connectivity index (χ1n) is 7.20. The van der Waals surface area contributed by atoms with Crippen LogP contribution in [-0.2, 0) is 4.79 Å². The number of aryl methyl sites for hydroxylation is 1. The molecule has 0 unspecified atom stereocenters. The van der Waals surface area contributed by atoms with Crippen LogP contribution in [0.15, 0.2) is 36.0 Å². The molecular weight excluding hydrogens is 276 g/mol. The van der Waals surface area contributed by atoms with E-state index in [2.05, 4.69) is 15.5 Å². The van der Waals surface area contributed by atoms with Gasteiger partial charge in [-0.25, -0.2) is 0 Å². The minimum absolute atomic E-state index is 0.0988. The Hall–Kier alpha value is -2.87. The van der Waals surface area contributed by atoms with Crippen LogP contribution in [0.2, 0.25) is 0 Å². The van der Waals surface area contributed by atoms with Crippen molar-refractivity contribution in [2.45, 2.75) is 25.8 Å². The molecule has 1 aliphatic rings. The Morgan fingerprint density at radius 3 is 2.77 bits per heavy atom. The number of carbonyl (C=O) groups excluding carboxylic acids is 1. The lowest BCUT2D eigenvalue weighted by molar-refractivity contribution is -0.117. The summed E-state index contributed by atoms with van der Waals surface area (Å²) in [6.07, 6.45) is 5.18. The molecule has 22 heavy (non-hydrogen) atoms. The van der Waals surface area contributed by atoms with Crippen LogP contribution in [0.3, 0.4) is 0 Å². The van der Waals surface area contributed by atoms with E-state index in [1.165, 1.54) is 5.56 Å². The summed E-state index contributed by atoms with van der Waals surface area (Å²) in [5, 5.41) is 19.0. The Balaban J connectivity index is 1.90. The highest BCUT2D eigenvalue weighted by Gasteiger charge is 2.24. The molecule has 1 aliphatic carbocycles. The SMILES string of the molecule is Cc1ccc(-c2[nH]ncc2C=C(C#N)C(=O)NC2CC2)cc1. The van der Waals surface area contributed by atoms with Crippen LogP contribution >= 0.6 is 0 Å². The molecule has 1 aromatic heterocycles. The largest absolute Gasteiger partial charge is 0.349 e. The minimum Gasteiger partial charge on any atom is -0.349 e. The number of nitrogens with one attached hydrogen (secondary N) is 2. The third-order valence-electron chi connectivity index (χ3n) is 3.59. The molecular formula is C17H16N4O. The van der Waals surface area contributed by atoms with Gasteiger partial charge in [0.1, 0.15) is 11.6 Å². The number of nitriles is 1. The van der Waals surface area contributed by atoms with Gasteiger partial charge in [-0.05, 0) is 25.8 Å². The van der Waals surface area contributed by atoms with Crippen LogP contribution in [0, 0.1) is 18.3 Å². The molecule has 5 heteroatoms. The van der Waals surface area contributed by atoms with E-state index in [-0.39, 0.29) is 17.5 Å². The number of hydrogen-bond acceptors (Lipinski definition) is 3. The molecule has 110 valence electrons. The second kappa shape index (κ2) is 5.86. The summed E-state index contributed by atoms with van der Waals surface area (Å²) in [5.41, 5.74) is 3.76. The predicted molar refractivity (Wildman–Crippen MR) is 83.5 cm³/mol. The van der Waals surface area contributed by atoms with Gasteiger partial charge in [-0.1, -0.05) is 29.8 Å². The Bertz CT molecular complexity index is 761. The third kappa shape index (κ3) is 3.07. The number of carbonyl (C=O) groups is 1. The normalized spacial score (nSPS) is 14.5. The van der Waals surface area contributed by atoms with E-state index in [1.807, 2.05) is 37.3 Å². The standard InChI is InChI=1S/C17H16N4O/c1-11-2-4-12(5-3-11)16-14(10-19-21-16)8-13(9-18)17(22)20-15-6-7-15/h2-5,8,10,15H,6-7H2,1H3,(H,19,21)(H,20,22). The van der Waals surface area contributed by atoms with Crippen LogP contribution in [0.1, 0.15) is 24.0 Å². The van der Waals surface area contributed by atoms with Crippen LogP contribution in [0.4, 0.5) is 0 Å². The maximum absolute atomic E-state index is 12.0. The molecule has 1 fully saturated rings. The Labute approximate surface area is 128 Å². The zero-order valence-electron chi connectivity index (χ0n) is 12.3. The number of nitrogens with zero attached hydrogens (tertiary/aromatic N) is 2. The summed E-state index contributed by atoms with van der Waals surface area (Å²) in [6, 6.07) is 10.2. The van der Waals surface area contributed by atoms with E-state index < -0.39 is 0 Å². The fourth-order valence-electron chi connectivity index (χ4n) is 2.15. The van der Waals surface area contributed by atoms with Crippen LogP contribution in [-0.4, -0.2) is 22.1 Å². The van der Waals surface area contributed by atoms with Gasteiger partial charge in [0.15, 0.2) is 0 Å². The number of rotatable bonds is 4. The predicted octanol–water partition coefficient (Wildman–Crippen LogP) is 2.57. The van der Waals surface area contributed by atoms with Crippen molar-refractivity contribution in [1.29, 1.82) is 5.26 Å². The molecule has 0 saturated heterocycles. The lowest BCUT2D eigenvalue weighted by Gasteiger charge is -2.03. The first-order valence-corrected chi connectivity index (χ1v) is 7.20. The molecule has 0 radical (unpaired) electrons. The lowest BCUT2D eigenvalue weighted by Crippen LogP contribution is -2.26. The molecule has 3 rings (SSSR count). The summed E-state index contributed by atoms with van der Waals surface area (Å²) in [5.74, 6) is -0.318. The van der Waals surface area contributed by atoms with Crippen LogP contribution in [0.25, 0.3) is 17.3 Å². The highest BCUT2D eigenvalue weighted by molar-refractivity contribution is 6.02. The van der Waals surface area contributed by atoms with Crippen molar-refractivity contribution in [1.82, 2.24) is 15.5 Å². The molecule has 0 spiro atoms. The topological polar surface area (TPSA) is 81.6 Å². The van der Waals surface area contributed by atoms with Crippen molar-refractivity contribution in [2.24, 2.45) is 0 Å². The van der Waals surface area contributed by atoms with Gasteiger partial charge in [0, 0.05) is 17.2 Å². The second-order valence-electron chi connectivity index (χ2n) is 5.48. The number of amides is 1. The van der Waals surface area contributed by atoms with E-state index in [9.17, 15) is 10.1 Å². The number of aromatic amines is 1. The third-order valence-corrected chi connectivity index (χ3v) is 3.59. The van der Waals surface area contributed by atoms with Crippen molar-refractivity contribution in [3.05, 3.63) is 47.2 Å². The Kier molecular flexibility index (Phi) is 3.75. The maximum Gasteiger partial charge on any atom is 0.262 e. The number of hydrogen-bond donors (Lipinski definition) is 2. The van der Waals surface area contributed by atoms with Gasteiger partial charge in [0.05, 0.1) is 11.9 Å². The highest BCUT2D eigenvalue weighted by atomic mass is 16.1. The summed E-state index contributed by atoms with van der Waals surface area (Å²) in [7, 11) is 0. The maximum atomic E-state index is 12.0. The number of H-pyrrole nitrogens is 1. The Morgan fingerprint density at radius 2 is 2.14 bits per heavy atom. The number of aromatic nitrogens is 2. The van der Waals surface area contributed by atoms with Gasteiger partial charge in [0.25, 0.3) is 5.91 Å². The van der Waals surface area contributed by atoms with Gasteiger partial charge in [0.2, 0.25) is 0 Å². The first-order chi connectivity index (χ1) is 10.7. The van der Waals surface area contributed by atoms with Crippen molar-refractivity contribution >= 4 is 12.0 Å². The zero-order chi connectivity index (χ0) is 15.5. The fraction of sp³-hybridized carbons (Fsp3) is 0.235. The minimum atomic E-state index is -0.318. The molecule has 2 aromatic rings. The van der Waals surface area contributed by atoms with Gasteiger partial charge in [-0.2, -0.15) is 10.4 Å². The summed E-state index contributed by atoms with van der Waals surface area (Å²) < 4.78 is 0. The smallest absolute Gasteiger partial charge is 0.262 e. The van der Waals surface area contributed by atoms with Gasteiger partial charge in [-0.3, -0.25) is 9.89 Å². The molecule has 5 nitrogen and oxygen atoms in total. The quantitative estimate of drug-likeness (QED) is 0.671. The first kappa shape index (κ1) is 14.1. The monoisotopic (exact) mass is 292 g/mol. The average molecular weight is 292 g/mol. The molecule has 1 heterocycles. The zero-order valence-corrected chi connectivity index (χ0v) is 12.3. The van der Waals surface area contributed by atoms with E-state index >= 15 is 0 Å². The van der Waals surface area contributed by atoms with Gasteiger partial charge < -0.3 is 5.32 Å². The van der Waals surface area contributed by atoms with Crippen molar-refractivity contribution in [2.75, 3.05) is 0 Å². The molecule has 2 N–H and O–H groups in total. The fourth-order valence-corrected chi connectivity index (χ4v) is 2.15. The van der Waals surface area contributed by atoms with Crippen molar-refractivity contribution < 1.29 is 4.79 Å². The Morgan fingerprint density at radius 1 is 1.41 bits per heavy atom. The molecule has 1 aromatic carbocycles. The van der Waals surface area contributed by atoms with E-state index in [0.717, 1.165) is 29.7 Å². The summed E-state index contributed by atoms with van der Waals surface area (Å²) in [4.78, 5) is 12.0. The molecule has 0 bridgehead atoms. The summed E-state index contributed by atoms with van der Waals surface area (Å²) in [6.45, 7) is 2.02. The van der Waals surface area contributed by atoms with Crippen LogP contribution in [0.5, 0.6) is 0 Å². The lowest BCUT2D eigenvalue weighted by atomic mass is 10.0. The second-order valence-corrected chi connectivity index (χ2v) is 5.48. The van der Waals surface area contributed by atoms with Crippen molar-refractivity contribution in [3.63, 3.8) is 0 Å². The van der Waals surface area contributed by atoms with Crippen LogP contribution < -0.4 is 5.32 Å². The van der Waals surface area contributed by atoms with Gasteiger partial charge >= 0.3 is 0 Å². The van der Waals surface area contributed by atoms with E-state index in [0.29, 0.717) is 0 Å². The highest BCUT2D eigenvalue weighted by Crippen LogP contribution is 2.24.